The molecule has 0 spiro atoms. The van der Waals surface area contributed by atoms with E-state index in [1.807, 2.05) is 121 Å². The monoisotopic (exact) mass is 626 g/mol. The van der Waals surface area contributed by atoms with Crippen LogP contribution in [0.2, 0.25) is 0 Å². The van der Waals surface area contributed by atoms with E-state index < -0.39 is 42.6 Å². The van der Waals surface area contributed by atoms with Gasteiger partial charge < -0.3 is 33.5 Å². The van der Waals surface area contributed by atoms with Crippen molar-refractivity contribution in [2.75, 3.05) is 13.2 Å². The molecule has 1 saturated heterocycles. The van der Waals surface area contributed by atoms with Gasteiger partial charge in [0.25, 0.3) is 0 Å². The van der Waals surface area contributed by atoms with E-state index in [1.165, 1.54) is 0 Å². The molecule has 0 unspecified atom stereocenters. The number of carbonyl (C=O) groups excluding carboxylic acids is 1. The molecule has 0 bridgehead atoms. The van der Waals surface area contributed by atoms with E-state index in [2.05, 4.69) is 0 Å². The second-order valence-corrected chi connectivity index (χ2v) is 11.2. The number of aliphatic hydroxyl groups is 1. The number of ether oxygens (including phenoxy) is 6. The molecule has 0 radical (unpaired) electrons. The molecule has 8 heteroatoms. The summed E-state index contributed by atoms with van der Waals surface area (Å²) in [6.07, 6.45) is -3.99. The van der Waals surface area contributed by atoms with E-state index in [1.54, 1.807) is 6.92 Å². The van der Waals surface area contributed by atoms with Crippen molar-refractivity contribution in [3.63, 3.8) is 0 Å². The third kappa shape index (κ3) is 9.56. The first kappa shape index (κ1) is 33.5. The van der Waals surface area contributed by atoms with E-state index in [4.69, 9.17) is 28.4 Å². The number of rotatable bonds is 16. The smallest absolute Gasteiger partial charge is 0.311 e. The molecule has 5 atom stereocenters. The van der Waals surface area contributed by atoms with Gasteiger partial charge in [0.2, 0.25) is 5.79 Å². The Balaban J connectivity index is 1.48. The Hall–Kier alpha value is -3.89. The molecule has 5 rings (SSSR count). The van der Waals surface area contributed by atoms with Crippen LogP contribution < -0.4 is 0 Å². The van der Waals surface area contributed by atoms with Crippen LogP contribution in [0.25, 0.3) is 0 Å². The normalized spacial score (nSPS) is 22.7. The summed E-state index contributed by atoms with van der Waals surface area (Å²) in [5.41, 5.74) is 3.77. The maximum Gasteiger partial charge on any atom is 0.311 e. The Morgan fingerprint density at radius 1 is 0.652 bits per heavy atom. The average molecular weight is 627 g/mol. The van der Waals surface area contributed by atoms with E-state index >= 15 is 0 Å². The number of esters is 1. The van der Waals surface area contributed by atoms with Crippen molar-refractivity contribution in [2.45, 2.75) is 70.0 Å². The van der Waals surface area contributed by atoms with Crippen molar-refractivity contribution >= 4 is 5.97 Å². The topological polar surface area (TPSA) is 92.7 Å². The van der Waals surface area contributed by atoms with Gasteiger partial charge in [0, 0.05) is 0 Å². The van der Waals surface area contributed by atoms with Gasteiger partial charge in [-0.3, -0.25) is 4.79 Å². The Morgan fingerprint density at radius 2 is 1.09 bits per heavy atom. The zero-order valence-corrected chi connectivity index (χ0v) is 26.1. The molecular weight excluding hydrogens is 584 g/mol. The molecule has 46 heavy (non-hydrogen) atoms. The van der Waals surface area contributed by atoms with Crippen LogP contribution >= 0.6 is 0 Å². The van der Waals surface area contributed by atoms with Crippen molar-refractivity contribution in [3.05, 3.63) is 144 Å². The summed E-state index contributed by atoms with van der Waals surface area (Å²) in [5.74, 6) is -2.72. The molecule has 0 aliphatic carbocycles. The van der Waals surface area contributed by atoms with Crippen molar-refractivity contribution in [1.82, 2.24) is 0 Å². The minimum Gasteiger partial charge on any atom is -0.466 e. The first-order chi connectivity index (χ1) is 22.5. The zero-order valence-electron chi connectivity index (χ0n) is 26.1. The molecule has 1 N–H and O–H groups in total. The summed E-state index contributed by atoms with van der Waals surface area (Å²) in [4.78, 5) is 12.9. The Labute approximate surface area is 270 Å². The van der Waals surface area contributed by atoms with Gasteiger partial charge in [-0.25, -0.2) is 0 Å². The highest BCUT2D eigenvalue weighted by Crippen LogP contribution is 2.38. The third-order valence-corrected chi connectivity index (χ3v) is 7.73. The molecule has 1 aliphatic rings. The highest BCUT2D eigenvalue weighted by molar-refractivity contribution is 5.70. The largest absolute Gasteiger partial charge is 0.466 e. The van der Waals surface area contributed by atoms with E-state index in [9.17, 15) is 9.90 Å². The maximum absolute atomic E-state index is 12.9. The van der Waals surface area contributed by atoms with Crippen molar-refractivity contribution in [2.24, 2.45) is 0 Å². The lowest BCUT2D eigenvalue weighted by Crippen LogP contribution is -2.67. The van der Waals surface area contributed by atoms with Crippen LogP contribution in [-0.2, 0) is 59.6 Å². The van der Waals surface area contributed by atoms with Crippen molar-refractivity contribution < 1.29 is 38.3 Å². The standard InChI is InChI=1S/C38H42O8/c1-2-42-34(39)23-38(40)37(45-27-32-21-13-6-14-22-32)36(44-26-31-19-11-5-12-20-31)35(43-25-30-17-9-4-10-18-30)33(46-38)28-41-24-29-15-7-3-8-16-29/h3-22,33,35-37,40H,2,23-28H2,1H3/t33-,35-,36+,37-,38+/m1/s1. The molecule has 0 amide bonds. The maximum atomic E-state index is 12.9. The minimum absolute atomic E-state index is 0.0656. The molecule has 0 aromatic heterocycles. The fraction of sp³-hybridized carbons (Fsp3) is 0.342. The Bertz CT molecular complexity index is 1440. The second-order valence-electron chi connectivity index (χ2n) is 11.2. The van der Waals surface area contributed by atoms with Gasteiger partial charge in [-0.15, -0.1) is 0 Å². The van der Waals surface area contributed by atoms with E-state index in [0.29, 0.717) is 6.61 Å². The SMILES string of the molecule is CCOC(=O)C[C@]1(O)O[C@H](COCc2ccccc2)[C@@H](OCc2ccccc2)[C@H](OCc2ccccc2)[C@H]1OCc1ccccc1. The van der Waals surface area contributed by atoms with Crippen LogP contribution in [0.3, 0.4) is 0 Å². The molecule has 1 fully saturated rings. The van der Waals surface area contributed by atoms with E-state index in [-0.39, 0.29) is 33.0 Å². The van der Waals surface area contributed by atoms with Gasteiger partial charge in [0.05, 0.1) is 39.6 Å². The minimum atomic E-state index is -2.10. The van der Waals surface area contributed by atoms with Gasteiger partial charge in [-0.1, -0.05) is 121 Å². The summed E-state index contributed by atoms with van der Waals surface area (Å²) in [5, 5.41) is 12.2. The molecular formula is C38H42O8. The Morgan fingerprint density at radius 3 is 1.57 bits per heavy atom. The number of hydrogen-bond acceptors (Lipinski definition) is 8. The molecule has 8 nitrogen and oxygen atoms in total. The molecule has 0 saturated carbocycles. The van der Waals surface area contributed by atoms with Crippen LogP contribution in [-0.4, -0.2) is 54.5 Å². The Kier molecular flexibility index (Phi) is 12.5. The van der Waals surface area contributed by atoms with E-state index in [0.717, 1.165) is 22.3 Å². The van der Waals surface area contributed by atoms with Gasteiger partial charge >= 0.3 is 5.97 Å². The fourth-order valence-electron chi connectivity index (χ4n) is 5.50. The first-order valence-corrected chi connectivity index (χ1v) is 15.7. The second kappa shape index (κ2) is 17.1. The van der Waals surface area contributed by atoms with Crippen LogP contribution in [0.15, 0.2) is 121 Å². The summed E-state index contributed by atoms with van der Waals surface area (Å²) in [6, 6.07) is 38.9. The average Bonchev–Trinajstić information content (AvgIpc) is 3.08. The van der Waals surface area contributed by atoms with Crippen LogP contribution in [0, 0.1) is 0 Å². The molecule has 242 valence electrons. The highest BCUT2D eigenvalue weighted by atomic mass is 16.7. The summed E-state index contributed by atoms with van der Waals surface area (Å²) in [6.45, 7) is 2.89. The third-order valence-electron chi connectivity index (χ3n) is 7.73. The molecule has 1 heterocycles. The van der Waals surface area contributed by atoms with Crippen molar-refractivity contribution in [1.29, 1.82) is 0 Å². The molecule has 1 aliphatic heterocycles. The summed E-state index contributed by atoms with van der Waals surface area (Å²) in [7, 11) is 0. The highest BCUT2D eigenvalue weighted by Gasteiger charge is 2.57. The lowest BCUT2D eigenvalue weighted by atomic mass is 9.89. The lowest BCUT2D eigenvalue weighted by Gasteiger charge is -2.50. The zero-order chi connectivity index (χ0) is 32.0. The number of hydrogen-bond donors (Lipinski definition) is 1. The molecule has 4 aromatic rings. The summed E-state index contributed by atoms with van der Waals surface area (Å²) >= 11 is 0. The quantitative estimate of drug-likeness (QED) is 0.152. The van der Waals surface area contributed by atoms with Crippen molar-refractivity contribution in [3.8, 4) is 0 Å². The lowest BCUT2D eigenvalue weighted by molar-refractivity contribution is -0.370. The van der Waals surface area contributed by atoms with Gasteiger partial charge in [-0.05, 0) is 29.2 Å². The van der Waals surface area contributed by atoms with Gasteiger partial charge in [0.15, 0.2) is 0 Å². The molecule has 4 aromatic carbocycles. The predicted octanol–water partition coefficient (Wildman–Crippen LogP) is 6.00. The van der Waals surface area contributed by atoms with Crippen LogP contribution in [0.1, 0.15) is 35.6 Å². The fourth-order valence-corrected chi connectivity index (χ4v) is 5.50. The van der Waals surface area contributed by atoms with Crippen LogP contribution in [0.5, 0.6) is 0 Å². The first-order valence-electron chi connectivity index (χ1n) is 15.7. The number of carbonyl (C=O) groups is 1. The van der Waals surface area contributed by atoms with Gasteiger partial charge in [0.1, 0.15) is 30.8 Å². The summed E-state index contributed by atoms with van der Waals surface area (Å²) < 4.78 is 37.4. The predicted molar refractivity (Wildman–Crippen MR) is 172 cm³/mol. The number of benzene rings is 4. The van der Waals surface area contributed by atoms with Crippen LogP contribution in [0.4, 0.5) is 0 Å². The van der Waals surface area contributed by atoms with Gasteiger partial charge in [-0.2, -0.15) is 0 Å².